The van der Waals surface area contributed by atoms with Gasteiger partial charge in [0, 0.05) is 10.8 Å². The molecule has 0 aromatic heterocycles. The predicted molar refractivity (Wildman–Crippen MR) is 201 cm³/mol. The SMILES string of the molecule is Nc1c(N=Nc2ccc3c(O)c(N=Nc4ccccc4)c(S(=O)(=O)O)cc3c2)cc(S(=O)(=O)O)c2cc(S(O)(O)O)c(N=Nc3ccccc3C(=O)O)c(O)c12. The maximum atomic E-state index is 12.6. The van der Waals surface area contributed by atoms with E-state index < -0.39 is 96.8 Å². The molecule has 0 heterocycles. The number of carbonyl (C=O) groups is 1. The van der Waals surface area contributed by atoms with Crippen LogP contribution in [0.4, 0.5) is 39.8 Å². The summed E-state index contributed by atoms with van der Waals surface area (Å²) in [5.41, 5.74) is 3.44. The molecule has 23 heteroatoms. The molecule has 288 valence electrons. The van der Waals surface area contributed by atoms with E-state index in [1.807, 2.05) is 0 Å². The third-order valence-electron chi connectivity index (χ3n) is 7.89. The fourth-order valence-corrected chi connectivity index (χ4v) is 7.39. The molecule has 6 aromatic rings. The Bertz CT molecular complexity index is 2920. The van der Waals surface area contributed by atoms with Gasteiger partial charge in [-0.1, -0.05) is 30.3 Å². The lowest BCUT2D eigenvalue weighted by Gasteiger charge is -2.23. The highest BCUT2D eigenvalue weighted by Gasteiger charge is 2.30. The van der Waals surface area contributed by atoms with Crippen LogP contribution in [0.3, 0.4) is 0 Å². The number of rotatable bonds is 10. The number of nitrogens with two attached hydrogens (primary N) is 1. The molecule has 0 bridgehead atoms. The van der Waals surface area contributed by atoms with Crippen LogP contribution < -0.4 is 5.73 Å². The minimum atomic E-state index is -5.24. The second-order valence-electron chi connectivity index (χ2n) is 11.5. The lowest BCUT2D eigenvalue weighted by molar-refractivity contribution is 0.0697. The highest BCUT2D eigenvalue weighted by Crippen LogP contribution is 2.56. The van der Waals surface area contributed by atoms with Crippen molar-refractivity contribution in [1.82, 2.24) is 0 Å². The number of nitrogens with zero attached hydrogens (tertiary/aromatic N) is 6. The number of carboxylic acid groups (broad SMARTS) is 1. The van der Waals surface area contributed by atoms with E-state index in [1.165, 1.54) is 42.5 Å². The maximum absolute atomic E-state index is 12.6. The molecule has 56 heavy (non-hydrogen) atoms. The van der Waals surface area contributed by atoms with Crippen molar-refractivity contribution < 1.29 is 59.7 Å². The molecule has 0 radical (unpaired) electrons. The van der Waals surface area contributed by atoms with Crippen molar-refractivity contribution >= 4 is 98.4 Å². The first-order valence-electron chi connectivity index (χ1n) is 15.3. The van der Waals surface area contributed by atoms with Gasteiger partial charge < -0.3 is 34.7 Å². The molecule has 0 amide bonds. The van der Waals surface area contributed by atoms with Crippen molar-refractivity contribution in [3.8, 4) is 11.5 Å². The number of aromatic hydroxyl groups is 2. The summed E-state index contributed by atoms with van der Waals surface area (Å²) in [5, 5.41) is 53.8. The van der Waals surface area contributed by atoms with Gasteiger partial charge >= 0.3 is 5.97 Å². The van der Waals surface area contributed by atoms with Crippen LogP contribution in [0, 0.1) is 0 Å². The van der Waals surface area contributed by atoms with Gasteiger partial charge in [0.1, 0.15) is 43.4 Å². The summed E-state index contributed by atoms with van der Waals surface area (Å²) in [5.74, 6) is -3.19. The summed E-state index contributed by atoms with van der Waals surface area (Å²) in [7, 11) is -15.1. The second kappa shape index (κ2) is 14.7. The van der Waals surface area contributed by atoms with E-state index in [-0.39, 0.29) is 27.7 Å². The molecular formula is C33H25N7O13S3. The number of nitrogen functional groups attached to an aromatic ring is 1. The maximum Gasteiger partial charge on any atom is 0.337 e. The van der Waals surface area contributed by atoms with E-state index >= 15 is 0 Å². The monoisotopic (exact) mass is 823 g/mol. The van der Waals surface area contributed by atoms with Crippen molar-refractivity contribution in [2.24, 2.45) is 30.7 Å². The standard InChI is InChI=1S/C33H25N7O13S3/c34-28-23(38-36-18-10-11-19-16(12-18)13-25(55(48,49)50)29(31(19)41)39-35-17-6-2-1-3-7-17)15-24(54(45,46)47)21-14-26(56(51,52)53)30(32(42)27(21)28)40-37-22-9-5-4-8-20(22)33(43)44/h1-15,41-42,51-53H,34H2,(H,43,44)(H,45,46,47)(H,48,49,50). The van der Waals surface area contributed by atoms with Gasteiger partial charge in [0.15, 0.2) is 11.5 Å². The fourth-order valence-electron chi connectivity index (χ4n) is 5.36. The van der Waals surface area contributed by atoms with Crippen molar-refractivity contribution in [2.75, 3.05) is 5.73 Å². The molecule has 6 rings (SSSR count). The van der Waals surface area contributed by atoms with Crippen LogP contribution in [-0.2, 0) is 20.2 Å². The van der Waals surface area contributed by atoms with E-state index in [0.717, 1.165) is 6.07 Å². The van der Waals surface area contributed by atoms with Gasteiger partial charge in [-0.15, -0.1) is 20.5 Å². The van der Waals surface area contributed by atoms with Gasteiger partial charge in [-0.05, 0) is 66.0 Å². The Morgan fingerprint density at radius 1 is 0.554 bits per heavy atom. The molecule has 20 nitrogen and oxygen atoms in total. The largest absolute Gasteiger partial charge is 0.505 e. The van der Waals surface area contributed by atoms with Gasteiger partial charge in [-0.2, -0.15) is 27.1 Å². The summed E-state index contributed by atoms with van der Waals surface area (Å²) in [4.78, 5) is 8.87. The normalized spacial score (nSPS) is 13.1. The molecule has 0 unspecified atom stereocenters. The number of hydrogen-bond donors (Lipinski definition) is 9. The number of azo groups is 3. The predicted octanol–water partition coefficient (Wildman–Crippen LogP) is 9.01. The van der Waals surface area contributed by atoms with Gasteiger partial charge in [-0.3, -0.25) is 9.11 Å². The lowest BCUT2D eigenvalue weighted by Crippen LogP contribution is -2.03. The number of fused-ring (bicyclic) bond motifs is 2. The Morgan fingerprint density at radius 2 is 1.14 bits per heavy atom. The number of benzene rings is 6. The van der Waals surface area contributed by atoms with Gasteiger partial charge in [-0.25, -0.2) is 4.79 Å². The first-order valence-corrected chi connectivity index (χ1v) is 19.6. The summed E-state index contributed by atoms with van der Waals surface area (Å²) in [6.07, 6.45) is 0. The van der Waals surface area contributed by atoms with Crippen molar-refractivity contribution in [2.45, 2.75) is 14.7 Å². The lowest BCUT2D eigenvalue weighted by atomic mass is 10.0. The van der Waals surface area contributed by atoms with Crippen LogP contribution in [0.15, 0.2) is 136 Å². The molecule has 10 N–H and O–H groups in total. The van der Waals surface area contributed by atoms with Gasteiger partial charge in [0.2, 0.25) is 0 Å². The molecule has 0 atom stereocenters. The third-order valence-corrected chi connectivity index (χ3v) is 10.6. The highest BCUT2D eigenvalue weighted by molar-refractivity contribution is 8.19. The first-order chi connectivity index (χ1) is 26.3. The quantitative estimate of drug-likeness (QED) is 0.0353. The zero-order valence-corrected chi connectivity index (χ0v) is 30.2. The molecule has 0 saturated carbocycles. The molecule has 0 aliphatic carbocycles. The zero-order valence-electron chi connectivity index (χ0n) is 27.8. The molecule has 0 saturated heterocycles. The highest BCUT2D eigenvalue weighted by atomic mass is 32.3. The minimum absolute atomic E-state index is 0.00277. The molecular weight excluding hydrogens is 799 g/mol. The Labute approximate surface area is 316 Å². The number of phenols is 2. The number of anilines is 1. The first kappa shape index (κ1) is 39.3. The van der Waals surface area contributed by atoms with E-state index in [0.29, 0.717) is 17.8 Å². The number of hydrogen-bond acceptors (Lipinski definition) is 17. The van der Waals surface area contributed by atoms with Crippen molar-refractivity contribution in [3.63, 3.8) is 0 Å². The Hall–Kier alpha value is -6.44. The summed E-state index contributed by atoms with van der Waals surface area (Å²) >= 11 is 0. The van der Waals surface area contributed by atoms with E-state index in [1.54, 1.807) is 30.3 Å². The van der Waals surface area contributed by atoms with Gasteiger partial charge in [0.05, 0.1) is 32.9 Å². The molecule has 6 aromatic carbocycles. The van der Waals surface area contributed by atoms with Crippen molar-refractivity contribution in [3.05, 3.63) is 96.6 Å². The van der Waals surface area contributed by atoms with Gasteiger partial charge in [0.25, 0.3) is 20.2 Å². The average Bonchev–Trinajstić information content (AvgIpc) is 3.12. The van der Waals surface area contributed by atoms with Crippen LogP contribution in [0.1, 0.15) is 10.4 Å². The Morgan fingerprint density at radius 3 is 1.79 bits per heavy atom. The molecule has 0 spiro atoms. The second-order valence-corrected chi connectivity index (χ2v) is 15.8. The number of carboxylic acids is 1. The molecule has 0 fully saturated rings. The van der Waals surface area contributed by atoms with Crippen LogP contribution in [0.5, 0.6) is 11.5 Å². The minimum Gasteiger partial charge on any atom is -0.505 e. The number of aromatic carboxylic acids is 1. The topological polar surface area (TPSA) is 347 Å². The molecule has 0 aliphatic heterocycles. The number of phenolic OH excluding ortho intramolecular Hbond substituents is 2. The summed E-state index contributed by atoms with van der Waals surface area (Å²) in [6, 6.07) is 19.4. The Balaban J connectivity index is 1.51. The zero-order chi connectivity index (χ0) is 40.7. The fraction of sp³-hybridized carbons (Fsp3) is 0. The van der Waals surface area contributed by atoms with Crippen LogP contribution >= 0.6 is 10.9 Å². The van der Waals surface area contributed by atoms with E-state index in [4.69, 9.17) is 5.73 Å². The van der Waals surface area contributed by atoms with E-state index in [2.05, 4.69) is 30.7 Å². The average molecular weight is 824 g/mol. The van der Waals surface area contributed by atoms with Crippen LogP contribution in [-0.4, -0.2) is 60.9 Å². The summed E-state index contributed by atoms with van der Waals surface area (Å²) in [6.45, 7) is 0. The smallest absolute Gasteiger partial charge is 0.337 e. The van der Waals surface area contributed by atoms with Crippen LogP contribution in [0.25, 0.3) is 21.5 Å². The Kier molecular flexibility index (Phi) is 10.3. The van der Waals surface area contributed by atoms with Crippen molar-refractivity contribution in [1.29, 1.82) is 0 Å². The molecule has 0 aliphatic rings. The van der Waals surface area contributed by atoms with Crippen LogP contribution in [0.2, 0.25) is 0 Å². The van der Waals surface area contributed by atoms with E-state index in [9.17, 15) is 59.7 Å². The third kappa shape index (κ3) is 7.86. The summed E-state index contributed by atoms with van der Waals surface area (Å²) < 4.78 is 100.